The fraction of sp³-hybridized carbons (Fsp3) is 0.238. The van der Waals surface area contributed by atoms with E-state index in [1.165, 1.54) is 0 Å². The third kappa shape index (κ3) is 3.57. The van der Waals surface area contributed by atoms with E-state index >= 15 is 0 Å². The number of morpholine rings is 1. The Bertz CT molecular complexity index is 997. The van der Waals surface area contributed by atoms with Crippen LogP contribution in [0.15, 0.2) is 48.5 Å². The summed E-state index contributed by atoms with van der Waals surface area (Å²) in [4.78, 5) is 18.2. The van der Waals surface area contributed by atoms with Crippen LogP contribution in [0.1, 0.15) is 16.1 Å². The molecule has 0 bridgehead atoms. The highest BCUT2D eigenvalue weighted by atomic mass is 16.5. The average Bonchev–Trinajstić information content (AvgIpc) is 2.68. The number of carboxylic acid groups (broad SMARTS) is 1. The first-order chi connectivity index (χ1) is 13.1. The van der Waals surface area contributed by atoms with E-state index in [0.29, 0.717) is 13.2 Å². The van der Waals surface area contributed by atoms with E-state index in [1.807, 2.05) is 31.2 Å². The van der Waals surface area contributed by atoms with Crippen LogP contribution in [0.4, 0.5) is 17.1 Å². The van der Waals surface area contributed by atoms with E-state index < -0.39 is 5.97 Å². The van der Waals surface area contributed by atoms with Gasteiger partial charge in [0.2, 0.25) is 0 Å². The zero-order chi connectivity index (χ0) is 18.8. The van der Waals surface area contributed by atoms with Gasteiger partial charge in [-0.2, -0.15) is 0 Å². The van der Waals surface area contributed by atoms with Crippen molar-refractivity contribution in [2.75, 3.05) is 36.5 Å². The predicted molar refractivity (Wildman–Crippen MR) is 106 cm³/mol. The molecule has 1 fully saturated rings. The molecule has 2 heterocycles. The largest absolute Gasteiger partial charge is 0.478 e. The molecule has 27 heavy (non-hydrogen) atoms. The number of rotatable bonds is 4. The number of hydrogen-bond acceptors (Lipinski definition) is 5. The number of hydrogen-bond donors (Lipinski definition) is 2. The number of anilines is 3. The van der Waals surface area contributed by atoms with E-state index in [1.54, 1.807) is 18.2 Å². The topological polar surface area (TPSA) is 74.7 Å². The second-order valence-corrected chi connectivity index (χ2v) is 6.59. The monoisotopic (exact) mass is 363 g/mol. The van der Waals surface area contributed by atoms with Gasteiger partial charge in [-0.15, -0.1) is 0 Å². The van der Waals surface area contributed by atoms with Crippen molar-refractivity contribution in [3.05, 3.63) is 59.8 Å². The van der Waals surface area contributed by atoms with Gasteiger partial charge in [0.1, 0.15) is 0 Å². The van der Waals surface area contributed by atoms with Gasteiger partial charge < -0.3 is 20.1 Å². The number of pyridine rings is 1. The van der Waals surface area contributed by atoms with Gasteiger partial charge in [-0.25, -0.2) is 4.79 Å². The lowest BCUT2D eigenvalue weighted by Crippen LogP contribution is -2.36. The highest BCUT2D eigenvalue weighted by molar-refractivity contribution is 5.99. The van der Waals surface area contributed by atoms with Crippen LogP contribution in [0.5, 0.6) is 0 Å². The smallest absolute Gasteiger partial charge is 0.335 e. The molecule has 0 amide bonds. The number of nitrogens with one attached hydrogen (secondary N) is 1. The predicted octanol–water partition coefficient (Wildman–Crippen LogP) is 3.82. The Morgan fingerprint density at radius 3 is 2.67 bits per heavy atom. The van der Waals surface area contributed by atoms with E-state index in [-0.39, 0.29) is 5.56 Å². The fourth-order valence-corrected chi connectivity index (χ4v) is 3.40. The summed E-state index contributed by atoms with van der Waals surface area (Å²) < 4.78 is 5.46. The van der Waals surface area contributed by atoms with E-state index in [2.05, 4.69) is 21.3 Å². The highest BCUT2D eigenvalue weighted by Gasteiger charge is 2.16. The third-order valence-electron chi connectivity index (χ3n) is 4.71. The minimum absolute atomic E-state index is 0.248. The number of carbonyl (C=O) groups is 1. The molecule has 2 N–H and O–H groups in total. The van der Waals surface area contributed by atoms with Crippen LogP contribution >= 0.6 is 0 Å². The van der Waals surface area contributed by atoms with E-state index in [9.17, 15) is 9.90 Å². The number of aromatic carboxylic acids is 1. The summed E-state index contributed by atoms with van der Waals surface area (Å²) in [7, 11) is 0. The summed E-state index contributed by atoms with van der Waals surface area (Å²) in [6.07, 6.45) is 0. The van der Waals surface area contributed by atoms with Crippen LogP contribution in [0.3, 0.4) is 0 Å². The van der Waals surface area contributed by atoms with Crippen LogP contribution in [0, 0.1) is 6.92 Å². The molecule has 1 aromatic heterocycles. The lowest BCUT2D eigenvalue weighted by molar-refractivity contribution is 0.0697. The number of ether oxygens (including phenoxy) is 1. The number of aromatic nitrogens is 1. The van der Waals surface area contributed by atoms with Gasteiger partial charge in [-0.3, -0.25) is 4.98 Å². The molecule has 0 spiro atoms. The zero-order valence-corrected chi connectivity index (χ0v) is 15.1. The first-order valence-corrected chi connectivity index (χ1v) is 8.95. The normalized spacial score (nSPS) is 14.3. The van der Waals surface area contributed by atoms with Crippen molar-refractivity contribution in [1.82, 2.24) is 4.98 Å². The average molecular weight is 363 g/mol. The molecule has 3 aromatic rings. The van der Waals surface area contributed by atoms with E-state index in [0.717, 1.165) is 46.7 Å². The Hall–Kier alpha value is -3.12. The maximum Gasteiger partial charge on any atom is 0.335 e. The molecule has 1 aliphatic heterocycles. The lowest BCUT2D eigenvalue weighted by atomic mass is 10.1. The molecule has 6 nitrogen and oxygen atoms in total. The first kappa shape index (κ1) is 17.3. The molecule has 4 rings (SSSR count). The number of para-hydroxylation sites is 2. The SMILES string of the molecule is Cc1cc(Nc2ccccc2N2CCOCC2)c2cc(C(=O)O)ccc2n1. The number of nitrogens with zero attached hydrogens (tertiary/aromatic N) is 2. The van der Waals surface area contributed by atoms with Crippen molar-refractivity contribution in [2.45, 2.75) is 6.92 Å². The van der Waals surface area contributed by atoms with Crippen molar-refractivity contribution in [3.63, 3.8) is 0 Å². The summed E-state index contributed by atoms with van der Waals surface area (Å²) in [5.41, 5.74) is 4.83. The van der Waals surface area contributed by atoms with E-state index in [4.69, 9.17) is 4.74 Å². The Balaban J connectivity index is 1.77. The maximum absolute atomic E-state index is 11.4. The molecule has 0 atom stereocenters. The minimum atomic E-state index is -0.947. The molecule has 0 radical (unpaired) electrons. The van der Waals surface area contributed by atoms with Crippen LogP contribution in [-0.4, -0.2) is 42.4 Å². The molecule has 6 heteroatoms. The fourth-order valence-electron chi connectivity index (χ4n) is 3.40. The highest BCUT2D eigenvalue weighted by Crippen LogP contribution is 2.33. The second kappa shape index (κ2) is 7.25. The van der Waals surface area contributed by atoms with Crippen molar-refractivity contribution < 1.29 is 14.6 Å². The van der Waals surface area contributed by atoms with Gasteiger partial charge in [0, 0.05) is 29.9 Å². The Morgan fingerprint density at radius 2 is 1.89 bits per heavy atom. The van der Waals surface area contributed by atoms with Gasteiger partial charge in [-0.1, -0.05) is 12.1 Å². The summed E-state index contributed by atoms with van der Waals surface area (Å²) >= 11 is 0. The summed E-state index contributed by atoms with van der Waals surface area (Å²) in [6, 6.07) is 15.1. The second-order valence-electron chi connectivity index (χ2n) is 6.59. The van der Waals surface area contributed by atoms with Gasteiger partial charge in [0.05, 0.1) is 35.7 Å². The number of carboxylic acids is 1. The molecule has 0 unspecified atom stereocenters. The molecule has 1 saturated heterocycles. The van der Waals surface area contributed by atoms with Gasteiger partial charge in [0.15, 0.2) is 0 Å². The molecule has 0 aliphatic carbocycles. The third-order valence-corrected chi connectivity index (χ3v) is 4.71. The molecular formula is C21H21N3O3. The molecule has 2 aromatic carbocycles. The molecule has 138 valence electrons. The Morgan fingerprint density at radius 1 is 1.11 bits per heavy atom. The van der Waals surface area contributed by atoms with Crippen LogP contribution in [-0.2, 0) is 4.74 Å². The van der Waals surface area contributed by atoms with Crippen LogP contribution < -0.4 is 10.2 Å². The zero-order valence-electron chi connectivity index (χ0n) is 15.1. The van der Waals surface area contributed by atoms with Crippen molar-refractivity contribution in [2.24, 2.45) is 0 Å². The van der Waals surface area contributed by atoms with Crippen molar-refractivity contribution in [3.8, 4) is 0 Å². The lowest BCUT2D eigenvalue weighted by Gasteiger charge is -2.30. The number of benzene rings is 2. The standard InChI is InChI=1S/C21H21N3O3/c1-14-12-19(16-13-15(21(25)26)6-7-17(16)22-14)23-18-4-2-3-5-20(18)24-8-10-27-11-9-24/h2-7,12-13H,8-11H2,1H3,(H,22,23)(H,25,26). The summed E-state index contributed by atoms with van der Waals surface area (Å²) in [6.45, 7) is 5.06. The number of fused-ring (bicyclic) bond motifs is 1. The molecule has 0 saturated carbocycles. The molecule has 1 aliphatic rings. The summed E-state index contributed by atoms with van der Waals surface area (Å²) in [5, 5.41) is 13.6. The van der Waals surface area contributed by atoms with Crippen molar-refractivity contribution in [1.29, 1.82) is 0 Å². The van der Waals surface area contributed by atoms with Gasteiger partial charge in [-0.05, 0) is 43.3 Å². The van der Waals surface area contributed by atoms with Gasteiger partial charge in [0.25, 0.3) is 0 Å². The van der Waals surface area contributed by atoms with Crippen molar-refractivity contribution >= 4 is 33.9 Å². The first-order valence-electron chi connectivity index (χ1n) is 8.95. The maximum atomic E-state index is 11.4. The quantitative estimate of drug-likeness (QED) is 0.734. The Kier molecular flexibility index (Phi) is 4.64. The van der Waals surface area contributed by atoms with Gasteiger partial charge >= 0.3 is 5.97 Å². The Labute approximate surface area is 157 Å². The summed E-state index contributed by atoms with van der Waals surface area (Å²) in [5.74, 6) is -0.947. The molecular weight excluding hydrogens is 342 g/mol. The van der Waals surface area contributed by atoms with Crippen LogP contribution in [0.25, 0.3) is 10.9 Å². The van der Waals surface area contributed by atoms with Crippen LogP contribution in [0.2, 0.25) is 0 Å². The number of aryl methyl sites for hydroxylation is 1. The minimum Gasteiger partial charge on any atom is -0.478 e.